The van der Waals surface area contributed by atoms with Gasteiger partial charge in [0.1, 0.15) is 17.0 Å². The fraction of sp³-hybridized carbons (Fsp3) is 0.556. The molecular formula is C27H40N6O4. The molecular weight excluding hydrogens is 472 g/mol. The molecule has 1 aliphatic heterocycles. The van der Waals surface area contributed by atoms with Crippen molar-refractivity contribution in [2.45, 2.75) is 84.5 Å². The van der Waals surface area contributed by atoms with E-state index in [0.717, 1.165) is 24.0 Å². The van der Waals surface area contributed by atoms with Crippen LogP contribution in [0.5, 0.6) is 0 Å². The molecule has 0 bridgehead atoms. The lowest BCUT2D eigenvalue weighted by molar-refractivity contribution is 0.0499. The summed E-state index contributed by atoms with van der Waals surface area (Å²) in [6.07, 6.45) is 2.60. The maximum absolute atomic E-state index is 12.3. The molecule has 1 saturated heterocycles. The Bertz CT molecular complexity index is 1140. The standard InChI is InChI=1S/C27H40N6O4/c1-16(2)17-11-18(27(6,7)36)13-20(12-17)30-23-21(22(28)34)14-29-24(32-23)33-10-8-9-19(15-33)31-25(35)37-26(3,4)5/h11-14,16,19,36H,8-10,15H2,1-7H3,(H2,28,34)(H,31,35)(H,29,30,32)/t19-/m0/s1. The van der Waals surface area contributed by atoms with Gasteiger partial charge < -0.3 is 31.1 Å². The number of piperidine rings is 1. The van der Waals surface area contributed by atoms with Crippen molar-refractivity contribution in [1.82, 2.24) is 15.3 Å². The van der Waals surface area contributed by atoms with Crippen molar-refractivity contribution >= 4 is 29.5 Å². The lowest BCUT2D eigenvalue weighted by Gasteiger charge is -2.33. The molecule has 0 spiro atoms. The molecule has 10 heteroatoms. The van der Waals surface area contributed by atoms with Gasteiger partial charge in [-0.2, -0.15) is 4.98 Å². The number of anilines is 3. The van der Waals surface area contributed by atoms with Crippen molar-refractivity contribution in [2.75, 3.05) is 23.3 Å². The number of rotatable bonds is 7. The van der Waals surface area contributed by atoms with Crippen molar-refractivity contribution in [3.8, 4) is 0 Å². The van der Waals surface area contributed by atoms with Crippen LogP contribution in [0.4, 0.5) is 22.2 Å². The summed E-state index contributed by atoms with van der Waals surface area (Å²) in [5, 5.41) is 16.8. The summed E-state index contributed by atoms with van der Waals surface area (Å²) >= 11 is 0. The first-order chi connectivity index (χ1) is 17.1. The number of alkyl carbamates (subject to hydrolysis) is 1. The van der Waals surface area contributed by atoms with Gasteiger partial charge in [0, 0.05) is 31.0 Å². The molecule has 2 aromatic rings. The second-order valence-corrected chi connectivity index (χ2v) is 11.4. The molecule has 202 valence electrons. The second-order valence-electron chi connectivity index (χ2n) is 11.4. The van der Waals surface area contributed by atoms with Gasteiger partial charge >= 0.3 is 6.09 Å². The number of hydrogen-bond acceptors (Lipinski definition) is 8. The number of ether oxygens (including phenoxy) is 1. The molecule has 10 nitrogen and oxygen atoms in total. The van der Waals surface area contributed by atoms with Gasteiger partial charge in [0.05, 0.1) is 5.60 Å². The van der Waals surface area contributed by atoms with E-state index in [2.05, 4.69) is 34.4 Å². The molecule has 1 aromatic carbocycles. The lowest BCUT2D eigenvalue weighted by Crippen LogP contribution is -2.49. The van der Waals surface area contributed by atoms with Crippen molar-refractivity contribution in [3.05, 3.63) is 41.1 Å². The molecule has 0 radical (unpaired) electrons. The minimum Gasteiger partial charge on any atom is -0.444 e. The van der Waals surface area contributed by atoms with Crippen molar-refractivity contribution in [1.29, 1.82) is 0 Å². The van der Waals surface area contributed by atoms with Crippen LogP contribution in [0.3, 0.4) is 0 Å². The van der Waals surface area contributed by atoms with E-state index < -0.39 is 23.2 Å². The first-order valence-corrected chi connectivity index (χ1v) is 12.7. The van der Waals surface area contributed by atoms with E-state index in [4.69, 9.17) is 10.5 Å². The van der Waals surface area contributed by atoms with Crippen LogP contribution in [0, 0.1) is 0 Å². The zero-order valence-electron chi connectivity index (χ0n) is 22.9. The summed E-state index contributed by atoms with van der Waals surface area (Å²) < 4.78 is 5.39. The maximum atomic E-state index is 12.3. The summed E-state index contributed by atoms with van der Waals surface area (Å²) in [5.41, 5.74) is 6.61. The van der Waals surface area contributed by atoms with Crippen LogP contribution < -0.4 is 21.3 Å². The lowest BCUT2D eigenvalue weighted by atomic mass is 9.92. The van der Waals surface area contributed by atoms with E-state index in [-0.39, 0.29) is 23.3 Å². The van der Waals surface area contributed by atoms with Crippen LogP contribution in [0.1, 0.15) is 88.7 Å². The van der Waals surface area contributed by atoms with Crippen LogP contribution in [-0.4, -0.2) is 51.8 Å². The van der Waals surface area contributed by atoms with Crippen molar-refractivity contribution in [2.24, 2.45) is 5.73 Å². The molecule has 37 heavy (non-hydrogen) atoms. The Labute approximate surface area is 219 Å². The van der Waals surface area contributed by atoms with Crippen molar-refractivity contribution < 1.29 is 19.4 Å². The first-order valence-electron chi connectivity index (χ1n) is 12.7. The van der Waals surface area contributed by atoms with Gasteiger partial charge in [-0.15, -0.1) is 0 Å². The Morgan fingerprint density at radius 3 is 2.49 bits per heavy atom. The maximum Gasteiger partial charge on any atom is 0.407 e. The van der Waals surface area contributed by atoms with E-state index in [1.165, 1.54) is 6.20 Å². The van der Waals surface area contributed by atoms with Gasteiger partial charge in [-0.1, -0.05) is 19.9 Å². The molecule has 2 heterocycles. The highest BCUT2D eigenvalue weighted by Gasteiger charge is 2.27. The summed E-state index contributed by atoms with van der Waals surface area (Å²) in [4.78, 5) is 35.4. The summed E-state index contributed by atoms with van der Waals surface area (Å²) in [6.45, 7) is 14.3. The number of amides is 2. The van der Waals surface area contributed by atoms with Gasteiger partial charge in [-0.05, 0) is 76.6 Å². The number of carbonyl (C=O) groups is 2. The Morgan fingerprint density at radius 2 is 1.89 bits per heavy atom. The molecule has 5 N–H and O–H groups in total. The number of primary amides is 1. The summed E-state index contributed by atoms with van der Waals surface area (Å²) in [6, 6.07) is 5.65. The minimum absolute atomic E-state index is 0.128. The van der Waals surface area contributed by atoms with Crippen LogP contribution in [0.25, 0.3) is 0 Å². The molecule has 0 saturated carbocycles. The number of nitrogens with zero attached hydrogens (tertiary/aromatic N) is 3. The highest BCUT2D eigenvalue weighted by Crippen LogP contribution is 2.30. The largest absolute Gasteiger partial charge is 0.444 e. The van der Waals surface area contributed by atoms with Crippen LogP contribution in [-0.2, 0) is 10.3 Å². The average Bonchev–Trinajstić information content (AvgIpc) is 2.77. The zero-order chi connectivity index (χ0) is 27.5. The Hall–Kier alpha value is -3.40. The Morgan fingerprint density at radius 1 is 1.19 bits per heavy atom. The average molecular weight is 513 g/mol. The molecule has 1 atom stereocenters. The minimum atomic E-state index is -1.05. The number of hydrogen-bond donors (Lipinski definition) is 4. The van der Waals surface area contributed by atoms with E-state index in [0.29, 0.717) is 24.7 Å². The Kier molecular flexibility index (Phi) is 8.32. The zero-order valence-corrected chi connectivity index (χ0v) is 22.9. The van der Waals surface area contributed by atoms with Gasteiger partial charge in [0.15, 0.2) is 0 Å². The topological polar surface area (TPSA) is 143 Å². The van der Waals surface area contributed by atoms with Gasteiger partial charge in [-0.25, -0.2) is 9.78 Å². The number of aromatic nitrogens is 2. The fourth-order valence-electron chi connectivity index (χ4n) is 4.10. The second kappa shape index (κ2) is 10.9. The quantitative estimate of drug-likeness (QED) is 0.433. The number of nitrogens with two attached hydrogens (primary N) is 1. The number of nitrogens with one attached hydrogen (secondary N) is 2. The van der Waals surface area contributed by atoms with Gasteiger partial charge in [-0.3, -0.25) is 4.79 Å². The molecule has 1 aromatic heterocycles. The van der Waals surface area contributed by atoms with E-state index in [1.807, 2.05) is 43.9 Å². The Balaban J connectivity index is 1.88. The predicted molar refractivity (Wildman–Crippen MR) is 144 cm³/mol. The normalized spacial score (nSPS) is 16.5. The third-order valence-electron chi connectivity index (χ3n) is 6.06. The molecule has 0 unspecified atom stereocenters. The highest BCUT2D eigenvalue weighted by molar-refractivity contribution is 5.98. The predicted octanol–water partition coefficient (Wildman–Crippen LogP) is 4.16. The van der Waals surface area contributed by atoms with Gasteiger partial charge in [0.25, 0.3) is 5.91 Å². The number of aliphatic hydroxyl groups is 1. The van der Waals surface area contributed by atoms with Crippen molar-refractivity contribution in [3.63, 3.8) is 0 Å². The highest BCUT2D eigenvalue weighted by atomic mass is 16.6. The molecule has 0 aliphatic carbocycles. The first kappa shape index (κ1) is 28.2. The third-order valence-corrected chi connectivity index (χ3v) is 6.06. The number of benzene rings is 1. The third kappa shape index (κ3) is 7.79. The van der Waals surface area contributed by atoms with E-state index in [1.54, 1.807) is 13.8 Å². The molecule has 1 aliphatic rings. The summed E-state index contributed by atoms with van der Waals surface area (Å²) in [5.74, 6) is 0.273. The molecule has 3 rings (SSSR count). The van der Waals surface area contributed by atoms with Crippen LogP contribution in [0.2, 0.25) is 0 Å². The van der Waals surface area contributed by atoms with Crippen LogP contribution >= 0.6 is 0 Å². The smallest absolute Gasteiger partial charge is 0.407 e. The fourth-order valence-corrected chi connectivity index (χ4v) is 4.10. The molecule has 1 fully saturated rings. The van der Waals surface area contributed by atoms with Crippen LogP contribution in [0.15, 0.2) is 24.4 Å². The SMILES string of the molecule is CC(C)c1cc(Nc2nc(N3CCC[C@H](NC(=O)OC(C)(C)C)C3)ncc2C(N)=O)cc(C(C)(C)O)c1. The van der Waals surface area contributed by atoms with E-state index >= 15 is 0 Å². The van der Waals surface area contributed by atoms with E-state index in [9.17, 15) is 14.7 Å². The molecule has 2 amide bonds. The summed E-state index contributed by atoms with van der Waals surface area (Å²) in [7, 11) is 0. The monoisotopic (exact) mass is 512 g/mol. The number of carbonyl (C=O) groups excluding carboxylic acids is 2. The van der Waals surface area contributed by atoms with Gasteiger partial charge in [0.2, 0.25) is 5.95 Å².